The third-order valence-electron chi connectivity index (χ3n) is 4.39. The van der Waals surface area contributed by atoms with Crippen LogP contribution in [0.25, 0.3) is 0 Å². The topological polar surface area (TPSA) is 91.2 Å². The summed E-state index contributed by atoms with van der Waals surface area (Å²) in [6.07, 6.45) is 0.115. The monoisotopic (exact) mass is 461 g/mol. The van der Waals surface area contributed by atoms with E-state index >= 15 is 0 Å². The molecule has 1 aliphatic heterocycles. The van der Waals surface area contributed by atoms with Gasteiger partial charge < -0.3 is 15.4 Å². The van der Waals surface area contributed by atoms with Gasteiger partial charge >= 0.3 is 0 Å². The number of nitrogens with zero attached hydrogens (tertiary/aromatic N) is 1. The highest BCUT2D eigenvalue weighted by molar-refractivity contribution is 8.03. The van der Waals surface area contributed by atoms with Crippen molar-refractivity contribution in [3.05, 3.63) is 68.7 Å². The summed E-state index contributed by atoms with van der Waals surface area (Å²) in [4.78, 5) is 24.5. The molecule has 2 aromatic carbocycles. The van der Waals surface area contributed by atoms with E-state index in [0.29, 0.717) is 32.1 Å². The van der Waals surface area contributed by atoms with E-state index in [-0.39, 0.29) is 24.0 Å². The molecule has 30 heavy (non-hydrogen) atoms. The van der Waals surface area contributed by atoms with Crippen LogP contribution >= 0.6 is 35.0 Å². The van der Waals surface area contributed by atoms with Crippen molar-refractivity contribution in [1.29, 1.82) is 5.26 Å². The lowest BCUT2D eigenvalue weighted by Crippen LogP contribution is -2.31. The van der Waals surface area contributed by atoms with Crippen molar-refractivity contribution in [2.75, 3.05) is 18.2 Å². The molecule has 0 radical (unpaired) electrons. The molecule has 0 bridgehead atoms. The van der Waals surface area contributed by atoms with Crippen LogP contribution < -0.4 is 15.4 Å². The second-order valence-corrected chi connectivity index (χ2v) is 8.23. The van der Waals surface area contributed by atoms with Crippen molar-refractivity contribution in [3.63, 3.8) is 0 Å². The van der Waals surface area contributed by atoms with Crippen molar-refractivity contribution < 1.29 is 14.3 Å². The van der Waals surface area contributed by atoms with Gasteiger partial charge in [-0.25, -0.2) is 0 Å². The fourth-order valence-electron chi connectivity index (χ4n) is 3.02. The molecule has 0 aliphatic carbocycles. The number of anilines is 1. The van der Waals surface area contributed by atoms with Gasteiger partial charge in [0.1, 0.15) is 5.75 Å². The summed E-state index contributed by atoms with van der Waals surface area (Å²) in [6.45, 7) is 0. The summed E-state index contributed by atoms with van der Waals surface area (Å²) >= 11 is 13.2. The van der Waals surface area contributed by atoms with Gasteiger partial charge in [-0.05, 0) is 35.9 Å². The lowest BCUT2D eigenvalue weighted by Gasteiger charge is -2.25. The first-order valence-electron chi connectivity index (χ1n) is 8.87. The fourth-order valence-corrected chi connectivity index (χ4v) is 4.35. The second-order valence-electron chi connectivity index (χ2n) is 6.40. The third-order valence-corrected chi connectivity index (χ3v) is 5.94. The van der Waals surface area contributed by atoms with E-state index < -0.39 is 5.92 Å². The van der Waals surface area contributed by atoms with Crippen molar-refractivity contribution in [2.24, 2.45) is 0 Å². The lowest BCUT2D eigenvalue weighted by molar-refractivity contribution is -0.121. The lowest BCUT2D eigenvalue weighted by atomic mass is 9.87. The summed E-state index contributed by atoms with van der Waals surface area (Å²) in [5, 5.41) is 16.4. The van der Waals surface area contributed by atoms with Crippen molar-refractivity contribution >= 4 is 52.5 Å². The zero-order valence-electron chi connectivity index (χ0n) is 15.9. The van der Waals surface area contributed by atoms with E-state index in [1.807, 2.05) is 0 Å². The maximum absolute atomic E-state index is 12.3. The molecule has 0 unspecified atom stereocenters. The van der Waals surface area contributed by atoms with Gasteiger partial charge in [-0.1, -0.05) is 47.1 Å². The van der Waals surface area contributed by atoms with Crippen LogP contribution in [0.15, 0.2) is 53.1 Å². The SMILES string of the molecule is COc1ccc([C@H]2CC(=O)NC(SCC(=O)Nc3cccc(Cl)c3)=C2C#N)cc1Cl. The van der Waals surface area contributed by atoms with E-state index in [9.17, 15) is 14.9 Å². The molecule has 2 N–H and O–H groups in total. The number of thioether (sulfide) groups is 1. The number of rotatable bonds is 6. The van der Waals surface area contributed by atoms with Gasteiger partial charge in [0.15, 0.2) is 0 Å². The van der Waals surface area contributed by atoms with Gasteiger partial charge in [0, 0.05) is 23.0 Å². The molecule has 2 amide bonds. The highest BCUT2D eigenvalue weighted by Gasteiger charge is 2.30. The molecule has 9 heteroatoms. The average molecular weight is 462 g/mol. The van der Waals surface area contributed by atoms with Crippen LogP contribution in [0.5, 0.6) is 5.75 Å². The van der Waals surface area contributed by atoms with Gasteiger partial charge in [-0.3, -0.25) is 9.59 Å². The molecule has 3 rings (SSSR count). The predicted molar refractivity (Wildman–Crippen MR) is 119 cm³/mol. The predicted octanol–water partition coefficient (Wildman–Crippen LogP) is 4.71. The number of hydrogen-bond acceptors (Lipinski definition) is 5. The number of carbonyl (C=O) groups is 2. The molecular weight excluding hydrogens is 445 g/mol. The minimum atomic E-state index is -0.453. The third kappa shape index (κ3) is 5.28. The minimum absolute atomic E-state index is 0.0173. The number of amides is 2. The Hall–Kier alpha value is -2.66. The fraction of sp³-hybridized carbons (Fsp3) is 0.190. The molecular formula is C21H17Cl2N3O3S. The van der Waals surface area contributed by atoms with E-state index in [0.717, 1.165) is 17.3 Å². The Labute approximate surface area is 188 Å². The van der Waals surface area contributed by atoms with Crippen LogP contribution in [0.1, 0.15) is 17.9 Å². The minimum Gasteiger partial charge on any atom is -0.495 e. The summed E-state index contributed by atoms with van der Waals surface area (Å²) in [5.74, 6) is -0.440. The number of ether oxygens (including phenoxy) is 1. The second kappa shape index (κ2) is 9.90. The highest BCUT2D eigenvalue weighted by atomic mass is 35.5. The number of halogens is 2. The Morgan fingerprint density at radius 2 is 2.13 bits per heavy atom. The number of nitriles is 1. The van der Waals surface area contributed by atoms with E-state index in [4.69, 9.17) is 27.9 Å². The quantitative estimate of drug-likeness (QED) is 0.649. The van der Waals surface area contributed by atoms with E-state index in [2.05, 4.69) is 16.7 Å². The van der Waals surface area contributed by atoms with E-state index in [1.54, 1.807) is 42.5 Å². The van der Waals surface area contributed by atoms with Crippen LogP contribution in [-0.4, -0.2) is 24.7 Å². The zero-order chi connectivity index (χ0) is 21.7. The van der Waals surface area contributed by atoms with Gasteiger partial charge in [-0.2, -0.15) is 5.26 Å². The van der Waals surface area contributed by atoms with Crippen LogP contribution in [-0.2, 0) is 9.59 Å². The number of benzene rings is 2. The highest BCUT2D eigenvalue weighted by Crippen LogP contribution is 2.38. The molecule has 1 atom stereocenters. The number of allylic oxidation sites excluding steroid dienone is 1. The van der Waals surface area contributed by atoms with Crippen LogP contribution in [0.3, 0.4) is 0 Å². The molecule has 0 fully saturated rings. The van der Waals surface area contributed by atoms with Gasteiger partial charge in [0.05, 0.1) is 34.6 Å². The molecule has 6 nitrogen and oxygen atoms in total. The van der Waals surface area contributed by atoms with Crippen molar-refractivity contribution in [1.82, 2.24) is 5.32 Å². The number of nitrogens with one attached hydrogen (secondary N) is 2. The van der Waals surface area contributed by atoms with Crippen molar-refractivity contribution in [2.45, 2.75) is 12.3 Å². The van der Waals surface area contributed by atoms with Crippen LogP contribution in [0.2, 0.25) is 10.0 Å². The molecule has 0 spiro atoms. The smallest absolute Gasteiger partial charge is 0.234 e. The first kappa shape index (κ1) is 22.0. The Kier molecular flexibility index (Phi) is 7.27. The van der Waals surface area contributed by atoms with E-state index in [1.165, 1.54) is 7.11 Å². The van der Waals surface area contributed by atoms with Crippen LogP contribution in [0.4, 0.5) is 5.69 Å². The summed E-state index contributed by atoms with van der Waals surface area (Å²) in [5.41, 5.74) is 1.69. The van der Waals surface area contributed by atoms with Crippen LogP contribution in [0, 0.1) is 11.3 Å². The molecule has 1 heterocycles. The maximum atomic E-state index is 12.3. The molecule has 0 saturated heterocycles. The first-order chi connectivity index (χ1) is 14.4. The Morgan fingerprint density at radius 3 is 2.80 bits per heavy atom. The van der Waals surface area contributed by atoms with Gasteiger partial charge in [0.25, 0.3) is 0 Å². The largest absolute Gasteiger partial charge is 0.495 e. The van der Waals surface area contributed by atoms with Gasteiger partial charge in [0.2, 0.25) is 11.8 Å². The Bertz CT molecular complexity index is 1070. The number of carbonyl (C=O) groups excluding carboxylic acids is 2. The standard InChI is InChI=1S/C21H17Cl2N3O3S/c1-29-18-6-5-12(7-17(18)23)15-9-19(27)26-21(16(15)10-24)30-11-20(28)25-14-4-2-3-13(22)8-14/h2-8,15H,9,11H2,1H3,(H,25,28)(H,26,27)/t15-/m1/s1. The molecule has 2 aromatic rings. The Morgan fingerprint density at radius 1 is 1.33 bits per heavy atom. The molecule has 0 saturated carbocycles. The number of methoxy groups -OCH3 is 1. The summed E-state index contributed by atoms with van der Waals surface area (Å²) in [7, 11) is 1.51. The zero-order valence-corrected chi connectivity index (χ0v) is 18.2. The Balaban J connectivity index is 1.78. The number of hydrogen-bond donors (Lipinski definition) is 2. The van der Waals surface area contributed by atoms with Gasteiger partial charge in [-0.15, -0.1) is 0 Å². The molecule has 0 aromatic heterocycles. The molecule has 154 valence electrons. The normalized spacial score (nSPS) is 15.9. The first-order valence-corrected chi connectivity index (χ1v) is 10.6. The maximum Gasteiger partial charge on any atom is 0.234 e. The van der Waals surface area contributed by atoms with Crippen molar-refractivity contribution in [3.8, 4) is 11.8 Å². The average Bonchev–Trinajstić information content (AvgIpc) is 2.71. The summed E-state index contributed by atoms with van der Waals surface area (Å²) < 4.78 is 5.16. The molecule has 1 aliphatic rings. The summed E-state index contributed by atoms with van der Waals surface area (Å²) in [6, 6.07) is 14.1.